The summed E-state index contributed by atoms with van der Waals surface area (Å²) >= 11 is 3.13. The molecule has 0 aromatic heterocycles. The number of carbonyl (C=O) groups excluding carboxylic acids is 1. The van der Waals surface area contributed by atoms with Crippen molar-refractivity contribution in [1.82, 2.24) is 5.43 Å². The van der Waals surface area contributed by atoms with E-state index in [-0.39, 0.29) is 22.6 Å². The number of allylic oxidation sites excluding steroid dienone is 3. The number of nitrogens with one attached hydrogen (secondary N) is 1. The maximum absolute atomic E-state index is 12.2. The first-order valence-corrected chi connectivity index (χ1v) is 7.67. The predicted octanol–water partition coefficient (Wildman–Crippen LogP) is 4.17. The third-order valence-electron chi connectivity index (χ3n) is 3.12. The zero-order valence-corrected chi connectivity index (χ0v) is 14.2. The van der Waals surface area contributed by atoms with E-state index in [0.717, 1.165) is 10.8 Å². The number of aromatic hydroxyl groups is 1. The van der Waals surface area contributed by atoms with Crippen LogP contribution >= 0.6 is 15.9 Å². The molecule has 2 rings (SSSR count). The summed E-state index contributed by atoms with van der Waals surface area (Å²) in [7, 11) is 0. The normalized spacial score (nSPS) is 11.6. The Kier molecular flexibility index (Phi) is 5.55. The fourth-order valence-corrected chi connectivity index (χ4v) is 2.24. The Hall–Kier alpha value is -2.86. The van der Waals surface area contributed by atoms with Gasteiger partial charge in [-0.1, -0.05) is 53.4 Å². The van der Waals surface area contributed by atoms with Gasteiger partial charge in [0.1, 0.15) is 11.5 Å². The van der Waals surface area contributed by atoms with Gasteiger partial charge >= 0.3 is 0 Å². The smallest absolute Gasteiger partial charge is 0.275 e. The number of hydrogen-bond donors (Lipinski definition) is 3. The Morgan fingerprint density at radius 3 is 2.42 bits per heavy atom. The van der Waals surface area contributed by atoms with Crippen molar-refractivity contribution in [1.29, 1.82) is 0 Å². The number of phenolic OH excluding ortho intramolecular Hbond substituents is 1. The highest BCUT2D eigenvalue weighted by molar-refractivity contribution is 9.11. The van der Waals surface area contributed by atoms with Crippen LogP contribution in [0.3, 0.4) is 0 Å². The van der Waals surface area contributed by atoms with Gasteiger partial charge in [0.05, 0.1) is 11.8 Å². The van der Waals surface area contributed by atoms with Gasteiger partial charge in [0.25, 0.3) is 5.91 Å². The number of aliphatic hydroxyl groups is 1. The van der Waals surface area contributed by atoms with E-state index in [1.807, 2.05) is 24.3 Å². The lowest BCUT2D eigenvalue weighted by Crippen LogP contribution is -2.18. The summed E-state index contributed by atoms with van der Waals surface area (Å²) < 4.78 is 0.512. The summed E-state index contributed by atoms with van der Waals surface area (Å²) in [6.45, 7) is 7.01. The van der Waals surface area contributed by atoms with Gasteiger partial charge in [0.15, 0.2) is 0 Å². The average molecular weight is 387 g/mol. The SMILES string of the molecule is C=C(Br)/C=C(/C=N/NC(=O)c1cc2ccccc2cc1O)C(=C)O. The molecule has 0 aliphatic rings. The van der Waals surface area contributed by atoms with E-state index in [1.165, 1.54) is 18.4 Å². The molecule has 0 aliphatic heterocycles. The number of nitrogens with zero attached hydrogens (tertiary/aromatic N) is 1. The van der Waals surface area contributed by atoms with Crippen molar-refractivity contribution in [2.45, 2.75) is 0 Å². The van der Waals surface area contributed by atoms with Gasteiger partial charge in [-0.05, 0) is 29.0 Å². The minimum Gasteiger partial charge on any atom is -0.508 e. The number of halogens is 1. The van der Waals surface area contributed by atoms with Crippen LogP contribution in [0.15, 0.2) is 76.5 Å². The van der Waals surface area contributed by atoms with Crippen LogP contribution in [0.1, 0.15) is 10.4 Å². The Morgan fingerprint density at radius 1 is 1.21 bits per heavy atom. The molecular formula is C18H15BrN2O3. The van der Waals surface area contributed by atoms with E-state index in [0.29, 0.717) is 4.48 Å². The van der Waals surface area contributed by atoms with Gasteiger partial charge in [-0.15, -0.1) is 0 Å². The summed E-state index contributed by atoms with van der Waals surface area (Å²) in [6.07, 6.45) is 2.72. The summed E-state index contributed by atoms with van der Waals surface area (Å²) in [6, 6.07) is 10.5. The Morgan fingerprint density at radius 2 is 1.83 bits per heavy atom. The van der Waals surface area contributed by atoms with Crippen LogP contribution in [-0.2, 0) is 0 Å². The van der Waals surface area contributed by atoms with Crippen LogP contribution in [0, 0.1) is 0 Å². The number of rotatable bonds is 5. The van der Waals surface area contributed by atoms with Crippen LogP contribution in [0.25, 0.3) is 10.8 Å². The summed E-state index contributed by atoms with van der Waals surface area (Å²) in [5.41, 5.74) is 2.67. The fraction of sp³-hybridized carbons (Fsp3) is 0. The van der Waals surface area contributed by atoms with Crippen LogP contribution in [0.2, 0.25) is 0 Å². The number of amides is 1. The van der Waals surface area contributed by atoms with Gasteiger partial charge in [-0.3, -0.25) is 4.79 Å². The van der Waals surface area contributed by atoms with E-state index in [2.05, 4.69) is 39.6 Å². The number of aliphatic hydroxyl groups excluding tert-OH is 1. The molecule has 24 heavy (non-hydrogen) atoms. The molecule has 3 N–H and O–H groups in total. The monoisotopic (exact) mass is 386 g/mol. The van der Waals surface area contributed by atoms with Crippen LogP contribution < -0.4 is 5.43 Å². The zero-order chi connectivity index (χ0) is 17.7. The lowest BCUT2D eigenvalue weighted by atomic mass is 10.1. The molecule has 0 bridgehead atoms. The number of phenols is 1. The third kappa shape index (κ3) is 4.33. The molecule has 0 saturated heterocycles. The first-order valence-electron chi connectivity index (χ1n) is 6.88. The molecule has 0 unspecified atom stereocenters. The Labute approximate surface area is 147 Å². The fourth-order valence-electron chi connectivity index (χ4n) is 1.99. The molecule has 0 radical (unpaired) electrons. The largest absolute Gasteiger partial charge is 0.508 e. The molecule has 0 atom stereocenters. The van der Waals surface area contributed by atoms with Crippen LogP contribution in [0.4, 0.5) is 0 Å². The molecule has 0 saturated carbocycles. The average Bonchev–Trinajstić information content (AvgIpc) is 2.52. The standard InChI is InChI=1S/C18H15BrN2O3/c1-11(19)7-15(12(2)22)10-20-21-18(24)16-8-13-5-3-4-6-14(13)9-17(16)23/h3-10,22-23H,1-2H2,(H,21,24)/b15-7-,20-10+. The number of benzene rings is 2. The number of hydrazone groups is 1. The van der Waals surface area contributed by atoms with E-state index < -0.39 is 5.91 Å². The van der Waals surface area contributed by atoms with Crippen LogP contribution in [0.5, 0.6) is 5.75 Å². The highest BCUT2D eigenvalue weighted by Gasteiger charge is 2.11. The third-order valence-corrected chi connectivity index (χ3v) is 3.35. The molecule has 2 aromatic rings. The lowest BCUT2D eigenvalue weighted by Gasteiger charge is -2.06. The molecule has 1 amide bonds. The summed E-state index contributed by atoms with van der Waals surface area (Å²) in [5, 5.41) is 24.8. The molecule has 0 heterocycles. The minimum absolute atomic E-state index is 0.101. The van der Waals surface area contributed by atoms with E-state index in [9.17, 15) is 15.0 Å². The van der Waals surface area contributed by atoms with E-state index in [1.54, 1.807) is 6.07 Å². The maximum atomic E-state index is 12.2. The molecular weight excluding hydrogens is 372 g/mol. The minimum atomic E-state index is -0.574. The van der Waals surface area contributed by atoms with E-state index in [4.69, 9.17) is 0 Å². The van der Waals surface area contributed by atoms with Crippen LogP contribution in [-0.4, -0.2) is 22.3 Å². The van der Waals surface area contributed by atoms with Crippen molar-refractivity contribution in [3.8, 4) is 5.75 Å². The first-order chi connectivity index (χ1) is 11.4. The zero-order valence-electron chi connectivity index (χ0n) is 12.7. The lowest BCUT2D eigenvalue weighted by molar-refractivity contribution is 0.0952. The second-order valence-electron chi connectivity index (χ2n) is 4.91. The maximum Gasteiger partial charge on any atom is 0.275 e. The molecule has 0 fully saturated rings. The van der Waals surface area contributed by atoms with Gasteiger partial charge in [-0.2, -0.15) is 5.10 Å². The van der Waals surface area contributed by atoms with E-state index >= 15 is 0 Å². The predicted molar refractivity (Wildman–Crippen MR) is 99.5 cm³/mol. The molecule has 5 nitrogen and oxygen atoms in total. The second-order valence-corrected chi connectivity index (χ2v) is 5.93. The van der Waals surface area contributed by atoms with Crippen molar-refractivity contribution in [3.63, 3.8) is 0 Å². The van der Waals surface area contributed by atoms with Crippen molar-refractivity contribution in [2.75, 3.05) is 0 Å². The Balaban J connectivity index is 2.21. The van der Waals surface area contributed by atoms with Crippen molar-refractivity contribution < 1.29 is 15.0 Å². The van der Waals surface area contributed by atoms with Gasteiger partial charge in [-0.25, -0.2) is 5.43 Å². The summed E-state index contributed by atoms with van der Waals surface area (Å²) in [5.74, 6) is -0.935. The second kappa shape index (κ2) is 7.61. The topological polar surface area (TPSA) is 81.9 Å². The molecule has 122 valence electrons. The highest BCUT2D eigenvalue weighted by Crippen LogP contribution is 2.24. The summed E-state index contributed by atoms with van der Waals surface area (Å²) in [4.78, 5) is 12.2. The first kappa shape index (κ1) is 17.5. The van der Waals surface area contributed by atoms with Gasteiger partial charge < -0.3 is 10.2 Å². The molecule has 2 aromatic carbocycles. The molecule has 6 heteroatoms. The number of fused-ring (bicyclic) bond motifs is 1. The van der Waals surface area contributed by atoms with Gasteiger partial charge in [0, 0.05) is 10.1 Å². The highest BCUT2D eigenvalue weighted by atomic mass is 79.9. The number of hydrogen-bond acceptors (Lipinski definition) is 4. The van der Waals surface area contributed by atoms with Crippen molar-refractivity contribution >= 4 is 38.8 Å². The molecule has 0 aliphatic carbocycles. The Bertz CT molecular complexity index is 885. The van der Waals surface area contributed by atoms with Crippen molar-refractivity contribution in [2.24, 2.45) is 5.10 Å². The molecule has 0 spiro atoms. The van der Waals surface area contributed by atoms with Crippen molar-refractivity contribution in [3.05, 3.63) is 77.0 Å². The van der Waals surface area contributed by atoms with Gasteiger partial charge in [0.2, 0.25) is 0 Å². The quantitative estimate of drug-likeness (QED) is 0.312. The number of carbonyl (C=O) groups is 1.